The summed E-state index contributed by atoms with van der Waals surface area (Å²) in [5.41, 5.74) is 7.56. The standard InChI is InChI=1S/C29H36O2/c1-3-21-17-26-22(18-28(21)31-19-20-7-5-4-6-8-20)9-11-25-24(26)13-15-29(2)23(14-16-30)10-12-27(25)29/h4-8,14,17-18,24-25,27,30H,3,9-13,15-16,19H2,1-2H3/b23-14+/t24-,25+,27-,29+/m0/s1. The van der Waals surface area contributed by atoms with E-state index >= 15 is 0 Å². The highest BCUT2D eigenvalue weighted by molar-refractivity contribution is 5.47. The van der Waals surface area contributed by atoms with Crippen molar-refractivity contribution in [2.45, 2.75) is 71.3 Å². The molecule has 31 heavy (non-hydrogen) atoms. The van der Waals surface area contributed by atoms with Crippen LogP contribution < -0.4 is 4.74 Å². The molecule has 0 aliphatic heterocycles. The molecule has 0 saturated heterocycles. The molecular formula is C29H36O2. The average molecular weight is 417 g/mol. The Labute approximate surface area is 187 Å². The topological polar surface area (TPSA) is 29.5 Å². The third-order valence-electron chi connectivity index (χ3n) is 8.71. The van der Waals surface area contributed by atoms with E-state index in [1.54, 1.807) is 5.56 Å². The van der Waals surface area contributed by atoms with E-state index in [2.05, 4.69) is 62.4 Å². The zero-order valence-corrected chi connectivity index (χ0v) is 19.1. The highest BCUT2D eigenvalue weighted by atomic mass is 16.5. The molecule has 0 heterocycles. The molecule has 0 aromatic heterocycles. The van der Waals surface area contributed by atoms with Crippen molar-refractivity contribution < 1.29 is 9.84 Å². The zero-order valence-electron chi connectivity index (χ0n) is 19.1. The number of rotatable bonds is 5. The molecule has 2 nitrogen and oxygen atoms in total. The van der Waals surface area contributed by atoms with E-state index in [0.29, 0.717) is 17.9 Å². The second-order valence-corrected chi connectivity index (χ2v) is 10.1. The molecule has 0 unspecified atom stereocenters. The van der Waals surface area contributed by atoms with Crippen molar-refractivity contribution in [2.75, 3.05) is 6.61 Å². The van der Waals surface area contributed by atoms with Gasteiger partial charge in [-0.25, -0.2) is 0 Å². The average Bonchev–Trinajstić information content (AvgIpc) is 3.14. The van der Waals surface area contributed by atoms with Crippen molar-refractivity contribution in [2.24, 2.45) is 17.3 Å². The van der Waals surface area contributed by atoms with Gasteiger partial charge in [0.2, 0.25) is 0 Å². The van der Waals surface area contributed by atoms with Crippen LogP contribution in [0.1, 0.15) is 74.1 Å². The van der Waals surface area contributed by atoms with Crippen LogP contribution in [0.2, 0.25) is 0 Å². The number of aliphatic hydroxyl groups excluding tert-OH is 1. The first-order chi connectivity index (χ1) is 15.1. The number of hydrogen-bond donors (Lipinski definition) is 1. The summed E-state index contributed by atoms with van der Waals surface area (Å²) >= 11 is 0. The van der Waals surface area contributed by atoms with Gasteiger partial charge in [0.1, 0.15) is 12.4 Å². The summed E-state index contributed by atoms with van der Waals surface area (Å²) in [6.45, 7) is 5.56. The zero-order chi connectivity index (χ0) is 21.4. The summed E-state index contributed by atoms with van der Waals surface area (Å²) in [7, 11) is 0. The Morgan fingerprint density at radius 3 is 2.71 bits per heavy atom. The van der Waals surface area contributed by atoms with Crippen LogP contribution >= 0.6 is 0 Å². The summed E-state index contributed by atoms with van der Waals surface area (Å²) in [6.07, 6.45) is 10.6. The molecule has 3 aliphatic rings. The molecular weight excluding hydrogens is 380 g/mol. The van der Waals surface area contributed by atoms with Crippen molar-refractivity contribution in [3.63, 3.8) is 0 Å². The third kappa shape index (κ3) is 3.63. The number of benzene rings is 2. The summed E-state index contributed by atoms with van der Waals surface area (Å²) in [5.74, 6) is 3.34. The first-order valence-electron chi connectivity index (χ1n) is 12.3. The van der Waals surface area contributed by atoms with E-state index < -0.39 is 0 Å². The molecule has 3 aliphatic carbocycles. The molecule has 2 saturated carbocycles. The van der Waals surface area contributed by atoms with E-state index in [1.165, 1.54) is 60.8 Å². The highest BCUT2D eigenvalue weighted by Gasteiger charge is 2.52. The van der Waals surface area contributed by atoms with Gasteiger partial charge < -0.3 is 9.84 Å². The summed E-state index contributed by atoms with van der Waals surface area (Å²) in [6, 6.07) is 15.3. The lowest BCUT2D eigenvalue weighted by Gasteiger charge is -2.49. The van der Waals surface area contributed by atoms with Crippen molar-refractivity contribution in [3.05, 3.63) is 76.4 Å². The van der Waals surface area contributed by atoms with Gasteiger partial charge in [-0.15, -0.1) is 0 Å². The summed E-state index contributed by atoms with van der Waals surface area (Å²) in [5, 5.41) is 9.51. The lowest BCUT2D eigenvalue weighted by Crippen LogP contribution is -2.40. The Morgan fingerprint density at radius 1 is 1.10 bits per heavy atom. The second kappa shape index (κ2) is 8.47. The Morgan fingerprint density at radius 2 is 1.94 bits per heavy atom. The molecule has 2 aromatic rings. The molecule has 2 fully saturated rings. The Bertz CT molecular complexity index is 960. The second-order valence-electron chi connectivity index (χ2n) is 10.1. The summed E-state index contributed by atoms with van der Waals surface area (Å²) in [4.78, 5) is 0. The fourth-order valence-corrected chi connectivity index (χ4v) is 7.09. The minimum Gasteiger partial charge on any atom is -0.489 e. The van der Waals surface area contributed by atoms with E-state index in [0.717, 1.165) is 24.0 Å². The van der Waals surface area contributed by atoms with Crippen LogP contribution in [0.5, 0.6) is 5.75 Å². The van der Waals surface area contributed by atoms with E-state index in [-0.39, 0.29) is 6.61 Å². The van der Waals surface area contributed by atoms with Gasteiger partial charge in [-0.1, -0.05) is 61.9 Å². The molecule has 164 valence electrons. The Balaban J connectivity index is 1.41. The van der Waals surface area contributed by atoms with Crippen LogP contribution in [-0.2, 0) is 19.4 Å². The van der Waals surface area contributed by atoms with Crippen LogP contribution in [0.25, 0.3) is 0 Å². The van der Waals surface area contributed by atoms with Crippen LogP contribution in [0.15, 0.2) is 54.1 Å². The smallest absolute Gasteiger partial charge is 0.123 e. The molecule has 0 bridgehead atoms. The largest absolute Gasteiger partial charge is 0.489 e. The van der Waals surface area contributed by atoms with Crippen molar-refractivity contribution in [1.82, 2.24) is 0 Å². The number of aryl methyl sites for hydroxylation is 2. The lowest BCUT2D eigenvalue weighted by molar-refractivity contribution is 0.0809. The molecule has 0 amide bonds. The minimum absolute atomic E-state index is 0.195. The predicted octanol–water partition coefficient (Wildman–Crippen LogP) is 6.60. The SMILES string of the molecule is CCc1cc2c(cc1OCc1ccccc1)CC[C@@H]1[C@@H]2CC[C@]2(C)/C(=C/CO)CC[C@@H]12. The lowest BCUT2D eigenvalue weighted by atomic mass is 9.55. The fourth-order valence-electron chi connectivity index (χ4n) is 7.09. The Kier molecular flexibility index (Phi) is 5.69. The van der Waals surface area contributed by atoms with Crippen LogP contribution in [0.3, 0.4) is 0 Å². The van der Waals surface area contributed by atoms with E-state index in [4.69, 9.17) is 4.74 Å². The fraction of sp³-hybridized carbons (Fsp3) is 0.517. The van der Waals surface area contributed by atoms with Crippen LogP contribution in [0, 0.1) is 17.3 Å². The quantitative estimate of drug-likeness (QED) is 0.556. The molecule has 2 aromatic carbocycles. The van der Waals surface area contributed by atoms with Crippen molar-refractivity contribution in [1.29, 1.82) is 0 Å². The predicted molar refractivity (Wildman–Crippen MR) is 126 cm³/mol. The van der Waals surface area contributed by atoms with Crippen LogP contribution in [0.4, 0.5) is 0 Å². The van der Waals surface area contributed by atoms with Gasteiger partial charge in [-0.2, -0.15) is 0 Å². The number of allylic oxidation sites excluding steroid dienone is 1. The van der Waals surface area contributed by atoms with Gasteiger partial charge in [0.25, 0.3) is 0 Å². The molecule has 5 rings (SSSR count). The summed E-state index contributed by atoms with van der Waals surface area (Å²) < 4.78 is 6.31. The number of fused-ring (bicyclic) bond motifs is 5. The molecule has 4 atom stereocenters. The van der Waals surface area contributed by atoms with Crippen molar-refractivity contribution >= 4 is 0 Å². The van der Waals surface area contributed by atoms with Gasteiger partial charge in [-0.05, 0) is 96.4 Å². The highest BCUT2D eigenvalue weighted by Crippen LogP contribution is 2.62. The first-order valence-corrected chi connectivity index (χ1v) is 12.3. The monoisotopic (exact) mass is 416 g/mol. The third-order valence-corrected chi connectivity index (χ3v) is 8.71. The van der Waals surface area contributed by atoms with Gasteiger partial charge in [0, 0.05) is 0 Å². The first kappa shape index (κ1) is 20.8. The maximum Gasteiger partial charge on any atom is 0.123 e. The van der Waals surface area contributed by atoms with Gasteiger partial charge in [-0.3, -0.25) is 0 Å². The molecule has 0 spiro atoms. The maximum atomic E-state index is 9.51. The van der Waals surface area contributed by atoms with Crippen molar-refractivity contribution in [3.8, 4) is 5.75 Å². The normalized spacial score (nSPS) is 30.5. The van der Waals surface area contributed by atoms with E-state index in [1.807, 2.05) is 0 Å². The molecule has 2 heteroatoms. The minimum atomic E-state index is 0.195. The van der Waals surface area contributed by atoms with E-state index in [9.17, 15) is 5.11 Å². The number of hydrogen-bond acceptors (Lipinski definition) is 2. The number of ether oxygens (including phenoxy) is 1. The molecule has 0 radical (unpaired) electrons. The number of aliphatic hydroxyl groups is 1. The Hall–Kier alpha value is -2.06. The molecule has 1 N–H and O–H groups in total. The van der Waals surface area contributed by atoms with Gasteiger partial charge >= 0.3 is 0 Å². The van der Waals surface area contributed by atoms with Crippen LogP contribution in [-0.4, -0.2) is 11.7 Å². The maximum absolute atomic E-state index is 9.51. The van der Waals surface area contributed by atoms with Gasteiger partial charge in [0.05, 0.1) is 6.61 Å². The van der Waals surface area contributed by atoms with Gasteiger partial charge in [0.15, 0.2) is 0 Å².